The van der Waals surface area contributed by atoms with E-state index in [1.54, 1.807) is 0 Å². The Labute approximate surface area is 115 Å². The molecular formula is C15H23N3O. The molecule has 1 heterocycles. The molecule has 0 saturated carbocycles. The smallest absolute Gasteiger partial charge is 0.244 e. The molecule has 0 radical (unpaired) electrons. The first-order chi connectivity index (χ1) is 9.24. The second-order valence-electron chi connectivity index (χ2n) is 4.96. The lowest BCUT2D eigenvalue weighted by molar-refractivity contribution is -0.137. The van der Waals surface area contributed by atoms with Crippen molar-refractivity contribution in [3.05, 3.63) is 35.9 Å². The van der Waals surface area contributed by atoms with E-state index < -0.39 is 0 Å². The van der Waals surface area contributed by atoms with E-state index in [0.717, 1.165) is 38.3 Å². The SMILES string of the molecule is CCN(C)C(C(=O)N1CCNCC1)c1ccccc1. The minimum absolute atomic E-state index is 0.163. The molecule has 1 fully saturated rings. The Morgan fingerprint density at radius 1 is 1.32 bits per heavy atom. The number of carbonyl (C=O) groups is 1. The van der Waals surface area contributed by atoms with E-state index in [9.17, 15) is 4.79 Å². The van der Waals surface area contributed by atoms with Crippen LogP contribution in [0.2, 0.25) is 0 Å². The third-order valence-corrected chi connectivity index (χ3v) is 3.72. The summed E-state index contributed by atoms with van der Waals surface area (Å²) in [5.74, 6) is 0.219. The number of hydrogen-bond donors (Lipinski definition) is 1. The first-order valence-corrected chi connectivity index (χ1v) is 6.98. The largest absolute Gasteiger partial charge is 0.338 e. The van der Waals surface area contributed by atoms with E-state index >= 15 is 0 Å². The molecule has 4 nitrogen and oxygen atoms in total. The molecule has 1 atom stereocenters. The monoisotopic (exact) mass is 261 g/mol. The van der Waals surface area contributed by atoms with Crippen LogP contribution in [0.15, 0.2) is 30.3 Å². The molecule has 0 bridgehead atoms. The summed E-state index contributed by atoms with van der Waals surface area (Å²) in [5.41, 5.74) is 1.08. The fraction of sp³-hybridized carbons (Fsp3) is 0.533. The number of amides is 1. The lowest BCUT2D eigenvalue weighted by Crippen LogP contribution is -2.50. The number of piperazine rings is 1. The predicted octanol–water partition coefficient (Wildman–Crippen LogP) is 1.11. The van der Waals surface area contributed by atoms with Gasteiger partial charge in [0.25, 0.3) is 0 Å². The van der Waals surface area contributed by atoms with Crippen LogP contribution in [0.3, 0.4) is 0 Å². The van der Waals surface area contributed by atoms with E-state index in [1.807, 2.05) is 42.3 Å². The van der Waals surface area contributed by atoms with Gasteiger partial charge >= 0.3 is 0 Å². The van der Waals surface area contributed by atoms with Gasteiger partial charge in [-0.2, -0.15) is 0 Å². The summed E-state index contributed by atoms with van der Waals surface area (Å²) in [5, 5.41) is 3.28. The van der Waals surface area contributed by atoms with Gasteiger partial charge in [0, 0.05) is 26.2 Å². The number of nitrogens with one attached hydrogen (secondary N) is 1. The van der Waals surface area contributed by atoms with E-state index in [4.69, 9.17) is 0 Å². The molecule has 1 aliphatic heterocycles. The molecule has 1 unspecified atom stereocenters. The van der Waals surface area contributed by atoms with Crippen LogP contribution in [-0.4, -0.2) is 55.5 Å². The van der Waals surface area contributed by atoms with Gasteiger partial charge in [-0.25, -0.2) is 0 Å². The van der Waals surface area contributed by atoms with Crippen LogP contribution < -0.4 is 5.32 Å². The Balaban J connectivity index is 2.20. The van der Waals surface area contributed by atoms with Crippen molar-refractivity contribution in [2.24, 2.45) is 0 Å². The lowest BCUT2D eigenvalue weighted by Gasteiger charge is -2.34. The summed E-state index contributed by atoms with van der Waals surface area (Å²) in [6.07, 6.45) is 0. The summed E-state index contributed by atoms with van der Waals surface area (Å²) in [4.78, 5) is 16.8. The van der Waals surface area contributed by atoms with E-state index in [0.29, 0.717) is 0 Å². The minimum Gasteiger partial charge on any atom is -0.338 e. The van der Waals surface area contributed by atoms with Gasteiger partial charge in [0.2, 0.25) is 5.91 Å². The third-order valence-electron chi connectivity index (χ3n) is 3.72. The molecule has 2 rings (SSSR count). The number of likely N-dealkylation sites (N-methyl/N-ethyl adjacent to an activating group) is 1. The van der Waals surface area contributed by atoms with Crippen molar-refractivity contribution in [3.8, 4) is 0 Å². The van der Waals surface area contributed by atoms with Crippen LogP contribution in [0, 0.1) is 0 Å². The number of benzene rings is 1. The average molecular weight is 261 g/mol. The Bertz CT molecular complexity index is 401. The fourth-order valence-corrected chi connectivity index (χ4v) is 2.46. The maximum atomic E-state index is 12.8. The van der Waals surface area contributed by atoms with Crippen LogP contribution in [0.1, 0.15) is 18.5 Å². The van der Waals surface area contributed by atoms with Crippen LogP contribution in [0.25, 0.3) is 0 Å². The first kappa shape index (κ1) is 14.0. The van der Waals surface area contributed by atoms with Crippen LogP contribution >= 0.6 is 0 Å². The molecular weight excluding hydrogens is 238 g/mol. The second-order valence-corrected chi connectivity index (χ2v) is 4.96. The molecule has 104 valence electrons. The molecule has 0 aromatic heterocycles. The summed E-state index contributed by atoms with van der Waals surface area (Å²) in [6.45, 7) is 6.34. The lowest BCUT2D eigenvalue weighted by atomic mass is 10.0. The van der Waals surface area contributed by atoms with E-state index in [-0.39, 0.29) is 11.9 Å². The van der Waals surface area contributed by atoms with Gasteiger partial charge in [-0.3, -0.25) is 9.69 Å². The van der Waals surface area contributed by atoms with Crippen molar-refractivity contribution < 1.29 is 4.79 Å². The zero-order valence-corrected chi connectivity index (χ0v) is 11.8. The second kappa shape index (κ2) is 6.68. The molecule has 1 amide bonds. The molecule has 19 heavy (non-hydrogen) atoms. The topological polar surface area (TPSA) is 35.6 Å². The zero-order chi connectivity index (χ0) is 13.7. The Morgan fingerprint density at radius 2 is 1.95 bits per heavy atom. The molecule has 1 saturated heterocycles. The highest BCUT2D eigenvalue weighted by Gasteiger charge is 2.29. The van der Waals surface area contributed by atoms with E-state index in [1.165, 1.54) is 0 Å². The van der Waals surface area contributed by atoms with Crippen molar-refractivity contribution in [3.63, 3.8) is 0 Å². The summed E-state index contributed by atoms with van der Waals surface area (Å²) in [7, 11) is 2.01. The highest BCUT2D eigenvalue weighted by Crippen LogP contribution is 2.21. The highest BCUT2D eigenvalue weighted by atomic mass is 16.2. The first-order valence-electron chi connectivity index (χ1n) is 6.98. The van der Waals surface area contributed by atoms with Crippen molar-refractivity contribution in [2.75, 3.05) is 39.8 Å². The quantitative estimate of drug-likeness (QED) is 0.882. The summed E-state index contributed by atoms with van der Waals surface area (Å²) in [6, 6.07) is 9.90. The van der Waals surface area contributed by atoms with Gasteiger partial charge in [0.1, 0.15) is 6.04 Å². The summed E-state index contributed by atoms with van der Waals surface area (Å²) < 4.78 is 0. The average Bonchev–Trinajstić information content (AvgIpc) is 2.49. The molecule has 1 aromatic carbocycles. The maximum absolute atomic E-state index is 12.8. The van der Waals surface area contributed by atoms with Gasteiger partial charge in [0.05, 0.1) is 0 Å². The number of nitrogens with zero attached hydrogens (tertiary/aromatic N) is 2. The predicted molar refractivity (Wildman–Crippen MR) is 76.9 cm³/mol. The molecule has 1 aliphatic rings. The van der Waals surface area contributed by atoms with Crippen LogP contribution in [-0.2, 0) is 4.79 Å². The van der Waals surface area contributed by atoms with Crippen molar-refractivity contribution in [1.29, 1.82) is 0 Å². The van der Waals surface area contributed by atoms with Gasteiger partial charge < -0.3 is 10.2 Å². The van der Waals surface area contributed by atoms with Crippen molar-refractivity contribution in [1.82, 2.24) is 15.1 Å². The standard InChI is InChI=1S/C15H23N3O/c1-3-17(2)14(13-7-5-4-6-8-13)15(19)18-11-9-16-10-12-18/h4-8,14,16H,3,9-12H2,1-2H3. The fourth-order valence-electron chi connectivity index (χ4n) is 2.46. The zero-order valence-electron chi connectivity index (χ0n) is 11.8. The van der Waals surface area contributed by atoms with E-state index in [2.05, 4.69) is 17.1 Å². The van der Waals surface area contributed by atoms with Gasteiger partial charge in [-0.15, -0.1) is 0 Å². The summed E-state index contributed by atoms with van der Waals surface area (Å²) >= 11 is 0. The van der Waals surface area contributed by atoms with Crippen molar-refractivity contribution in [2.45, 2.75) is 13.0 Å². The Kier molecular flexibility index (Phi) is 4.93. The van der Waals surface area contributed by atoms with Crippen molar-refractivity contribution >= 4 is 5.91 Å². The third kappa shape index (κ3) is 3.33. The Hall–Kier alpha value is -1.39. The number of hydrogen-bond acceptors (Lipinski definition) is 3. The van der Waals surface area contributed by atoms with Gasteiger partial charge in [-0.05, 0) is 19.2 Å². The highest BCUT2D eigenvalue weighted by molar-refractivity contribution is 5.83. The van der Waals surface area contributed by atoms with Gasteiger partial charge in [0.15, 0.2) is 0 Å². The molecule has 4 heteroatoms. The number of rotatable bonds is 4. The molecule has 1 N–H and O–H groups in total. The molecule has 0 aliphatic carbocycles. The van der Waals surface area contributed by atoms with Gasteiger partial charge in [-0.1, -0.05) is 37.3 Å². The molecule has 1 aromatic rings. The number of carbonyl (C=O) groups excluding carboxylic acids is 1. The maximum Gasteiger partial charge on any atom is 0.244 e. The van der Waals surface area contributed by atoms with Crippen LogP contribution in [0.4, 0.5) is 0 Å². The van der Waals surface area contributed by atoms with Crippen LogP contribution in [0.5, 0.6) is 0 Å². The Morgan fingerprint density at radius 3 is 2.53 bits per heavy atom. The molecule has 0 spiro atoms. The normalized spacial score (nSPS) is 17.5. The minimum atomic E-state index is -0.163.